The predicted octanol–water partition coefficient (Wildman–Crippen LogP) is 2.39. The van der Waals surface area contributed by atoms with Crippen molar-refractivity contribution in [3.8, 4) is 5.75 Å². The van der Waals surface area contributed by atoms with Crippen molar-refractivity contribution in [2.45, 2.75) is 13.5 Å². The third-order valence-corrected chi connectivity index (χ3v) is 3.22. The largest absolute Gasteiger partial charge is 0.486 e. The summed E-state index contributed by atoms with van der Waals surface area (Å²) >= 11 is 1.42. The van der Waals surface area contributed by atoms with Crippen molar-refractivity contribution in [3.63, 3.8) is 0 Å². The van der Waals surface area contributed by atoms with E-state index in [-0.39, 0.29) is 5.91 Å². The van der Waals surface area contributed by atoms with Gasteiger partial charge in [0.05, 0.1) is 0 Å². The molecule has 0 spiro atoms. The molecule has 0 aliphatic rings. The smallest absolute Gasteiger partial charge is 0.270 e. The van der Waals surface area contributed by atoms with Gasteiger partial charge in [-0.05, 0) is 19.1 Å². The van der Waals surface area contributed by atoms with Crippen LogP contribution < -0.4 is 10.1 Å². The molecule has 0 bridgehead atoms. The number of hydrogen-bond acceptors (Lipinski definition) is 4. The summed E-state index contributed by atoms with van der Waals surface area (Å²) in [6, 6.07) is 7.82. The number of nitrogens with one attached hydrogen (secondary N) is 1. The molecule has 2 aromatic rings. The second-order valence-corrected chi connectivity index (χ2v) is 4.75. The minimum atomic E-state index is -0.173. The van der Waals surface area contributed by atoms with E-state index < -0.39 is 0 Å². The van der Waals surface area contributed by atoms with Gasteiger partial charge in [-0.3, -0.25) is 4.79 Å². The van der Waals surface area contributed by atoms with E-state index in [0.717, 1.165) is 10.8 Å². The first-order valence-corrected chi connectivity index (χ1v) is 6.43. The Bertz CT molecular complexity index is 534. The Morgan fingerprint density at radius 1 is 1.39 bits per heavy atom. The highest BCUT2D eigenvalue weighted by molar-refractivity contribution is 7.09. The lowest BCUT2D eigenvalue weighted by Crippen LogP contribution is -2.18. The normalized spacial score (nSPS) is 10.1. The number of benzene rings is 1. The van der Waals surface area contributed by atoms with Gasteiger partial charge >= 0.3 is 0 Å². The Hall–Kier alpha value is -1.88. The SMILES string of the molecule is CNC(=O)c1csc(COc2ccc(C)cc2)n1. The molecule has 0 aliphatic carbocycles. The zero-order valence-corrected chi connectivity index (χ0v) is 11.1. The molecule has 0 atom stereocenters. The zero-order valence-electron chi connectivity index (χ0n) is 10.3. The fraction of sp³-hybridized carbons (Fsp3) is 0.231. The molecule has 2 rings (SSSR count). The Labute approximate surface area is 110 Å². The topological polar surface area (TPSA) is 51.2 Å². The molecule has 4 nitrogen and oxygen atoms in total. The van der Waals surface area contributed by atoms with Gasteiger partial charge < -0.3 is 10.1 Å². The minimum Gasteiger partial charge on any atom is -0.486 e. The maximum Gasteiger partial charge on any atom is 0.270 e. The monoisotopic (exact) mass is 262 g/mol. The maximum atomic E-state index is 11.3. The fourth-order valence-corrected chi connectivity index (χ4v) is 2.07. The van der Waals surface area contributed by atoms with Crippen LogP contribution in [0.4, 0.5) is 0 Å². The summed E-state index contributed by atoms with van der Waals surface area (Å²) in [5.41, 5.74) is 1.63. The van der Waals surface area contributed by atoms with Gasteiger partial charge in [0, 0.05) is 12.4 Å². The molecule has 0 radical (unpaired) electrons. The molecule has 18 heavy (non-hydrogen) atoms. The van der Waals surface area contributed by atoms with E-state index in [2.05, 4.69) is 10.3 Å². The quantitative estimate of drug-likeness (QED) is 0.920. The number of rotatable bonds is 4. The van der Waals surface area contributed by atoms with Crippen LogP contribution in [0.15, 0.2) is 29.6 Å². The number of ether oxygens (including phenoxy) is 1. The Morgan fingerprint density at radius 3 is 2.78 bits per heavy atom. The van der Waals surface area contributed by atoms with Gasteiger partial charge in [-0.2, -0.15) is 0 Å². The molecule has 94 valence electrons. The fourth-order valence-electron chi connectivity index (χ4n) is 1.39. The summed E-state index contributed by atoms with van der Waals surface area (Å²) in [6.07, 6.45) is 0. The summed E-state index contributed by atoms with van der Waals surface area (Å²) in [5, 5.41) is 5.05. The van der Waals surface area contributed by atoms with Crippen molar-refractivity contribution in [1.82, 2.24) is 10.3 Å². The minimum absolute atomic E-state index is 0.173. The lowest BCUT2D eigenvalue weighted by atomic mass is 10.2. The van der Waals surface area contributed by atoms with Gasteiger partial charge in [0.2, 0.25) is 0 Å². The number of aryl methyl sites for hydroxylation is 1. The van der Waals surface area contributed by atoms with Crippen molar-refractivity contribution in [3.05, 3.63) is 45.9 Å². The summed E-state index contributed by atoms with van der Waals surface area (Å²) in [6.45, 7) is 2.41. The number of hydrogen-bond donors (Lipinski definition) is 1. The number of aromatic nitrogens is 1. The van der Waals surface area contributed by atoms with Gasteiger partial charge in [0.25, 0.3) is 5.91 Å². The average molecular weight is 262 g/mol. The third-order valence-electron chi connectivity index (χ3n) is 2.39. The van der Waals surface area contributed by atoms with E-state index in [1.165, 1.54) is 16.9 Å². The van der Waals surface area contributed by atoms with Crippen LogP contribution in [-0.2, 0) is 6.61 Å². The zero-order chi connectivity index (χ0) is 13.0. The molecular weight excluding hydrogens is 248 g/mol. The van der Waals surface area contributed by atoms with Crippen molar-refractivity contribution < 1.29 is 9.53 Å². The lowest BCUT2D eigenvalue weighted by Gasteiger charge is -2.03. The van der Waals surface area contributed by atoms with E-state index >= 15 is 0 Å². The summed E-state index contributed by atoms with van der Waals surface area (Å²) < 4.78 is 5.59. The molecule has 0 aliphatic heterocycles. The van der Waals surface area contributed by atoms with E-state index in [0.29, 0.717) is 12.3 Å². The van der Waals surface area contributed by atoms with Gasteiger partial charge in [0.1, 0.15) is 23.1 Å². The van der Waals surface area contributed by atoms with Crippen LogP contribution in [0, 0.1) is 6.92 Å². The lowest BCUT2D eigenvalue weighted by molar-refractivity contribution is 0.0958. The second kappa shape index (κ2) is 5.64. The highest BCUT2D eigenvalue weighted by Crippen LogP contribution is 2.16. The van der Waals surface area contributed by atoms with E-state index in [1.807, 2.05) is 31.2 Å². The number of carbonyl (C=O) groups excluding carboxylic acids is 1. The van der Waals surface area contributed by atoms with Gasteiger partial charge in [-0.25, -0.2) is 4.98 Å². The van der Waals surface area contributed by atoms with Gasteiger partial charge in [-0.15, -0.1) is 11.3 Å². The van der Waals surface area contributed by atoms with Crippen molar-refractivity contribution >= 4 is 17.2 Å². The number of amides is 1. The standard InChI is InChI=1S/C13H14N2O2S/c1-9-3-5-10(6-4-9)17-7-12-15-11(8-18-12)13(16)14-2/h3-6,8H,7H2,1-2H3,(H,14,16). The number of carbonyl (C=O) groups is 1. The van der Waals surface area contributed by atoms with Gasteiger partial charge in [-0.1, -0.05) is 17.7 Å². The van der Waals surface area contributed by atoms with Gasteiger partial charge in [0.15, 0.2) is 0 Å². The maximum absolute atomic E-state index is 11.3. The molecule has 0 saturated carbocycles. The summed E-state index contributed by atoms with van der Waals surface area (Å²) in [4.78, 5) is 15.5. The molecule has 1 amide bonds. The molecule has 0 unspecified atom stereocenters. The highest BCUT2D eigenvalue weighted by Gasteiger charge is 2.08. The van der Waals surface area contributed by atoms with Crippen LogP contribution in [0.3, 0.4) is 0 Å². The van der Waals surface area contributed by atoms with Crippen molar-refractivity contribution in [2.75, 3.05) is 7.05 Å². The molecule has 5 heteroatoms. The van der Waals surface area contributed by atoms with Crippen LogP contribution in [0.1, 0.15) is 21.1 Å². The first kappa shape index (κ1) is 12.6. The van der Waals surface area contributed by atoms with Crippen LogP contribution in [0.25, 0.3) is 0 Å². The van der Waals surface area contributed by atoms with Crippen LogP contribution in [0.2, 0.25) is 0 Å². The average Bonchev–Trinajstić information content (AvgIpc) is 2.86. The molecule has 1 N–H and O–H groups in total. The highest BCUT2D eigenvalue weighted by atomic mass is 32.1. The van der Waals surface area contributed by atoms with E-state index in [4.69, 9.17) is 4.74 Å². The Balaban J connectivity index is 1.96. The van der Waals surface area contributed by atoms with E-state index in [9.17, 15) is 4.79 Å². The second-order valence-electron chi connectivity index (χ2n) is 3.81. The van der Waals surface area contributed by atoms with Crippen LogP contribution in [0.5, 0.6) is 5.75 Å². The molecule has 1 heterocycles. The molecular formula is C13H14N2O2S. The summed E-state index contributed by atoms with van der Waals surface area (Å²) in [5.74, 6) is 0.630. The van der Waals surface area contributed by atoms with Crippen LogP contribution >= 0.6 is 11.3 Å². The Morgan fingerprint density at radius 2 is 2.11 bits per heavy atom. The number of thiazole rings is 1. The molecule has 1 aromatic heterocycles. The summed E-state index contributed by atoms with van der Waals surface area (Å²) in [7, 11) is 1.59. The van der Waals surface area contributed by atoms with Crippen LogP contribution in [-0.4, -0.2) is 17.9 Å². The number of nitrogens with zero attached hydrogens (tertiary/aromatic N) is 1. The first-order chi connectivity index (χ1) is 8.69. The predicted molar refractivity (Wildman–Crippen MR) is 71.0 cm³/mol. The van der Waals surface area contributed by atoms with Crippen molar-refractivity contribution in [1.29, 1.82) is 0 Å². The van der Waals surface area contributed by atoms with E-state index in [1.54, 1.807) is 12.4 Å². The third kappa shape index (κ3) is 3.07. The molecule has 0 saturated heterocycles. The molecule has 0 fully saturated rings. The molecule has 1 aromatic carbocycles. The van der Waals surface area contributed by atoms with Crippen molar-refractivity contribution in [2.24, 2.45) is 0 Å². The Kier molecular flexibility index (Phi) is 3.94. The first-order valence-electron chi connectivity index (χ1n) is 5.55.